The zero-order chi connectivity index (χ0) is 20.2. The molecule has 1 atom stereocenters. The standard InChI is InChI=1S/C24H21N3O3/c1-14-21-22(15-10-11-19-20(12-15)30-13-29-19)23-17(8-5-9-18(23)28)25-24(21)27(26-14)16-6-3-2-4-7-16/h2-4,6-7,10-12,22,25H,5,8-9,13H2,1H3/t22-/m0/s1. The maximum absolute atomic E-state index is 13.1. The molecule has 1 N–H and O–H groups in total. The van der Waals surface area contributed by atoms with Gasteiger partial charge in [0.2, 0.25) is 6.79 Å². The summed E-state index contributed by atoms with van der Waals surface area (Å²) >= 11 is 0. The molecule has 3 heterocycles. The number of para-hydroxylation sites is 1. The lowest BCUT2D eigenvalue weighted by molar-refractivity contribution is -0.116. The van der Waals surface area contributed by atoms with Crippen LogP contribution in [0.4, 0.5) is 5.82 Å². The van der Waals surface area contributed by atoms with Crippen molar-refractivity contribution in [3.63, 3.8) is 0 Å². The molecule has 30 heavy (non-hydrogen) atoms. The fraction of sp³-hybridized carbons (Fsp3) is 0.250. The number of aromatic nitrogens is 2. The number of nitrogens with one attached hydrogen (secondary N) is 1. The quantitative estimate of drug-likeness (QED) is 0.689. The van der Waals surface area contributed by atoms with Crippen LogP contribution >= 0.6 is 0 Å². The lowest BCUT2D eigenvalue weighted by atomic mass is 9.76. The molecule has 6 nitrogen and oxygen atoms in total. The third-order valence-corrected chi connectivity index (χ3v) is 6.14. The third-order valence-electron chi connectivity index (χ3n) is 6.14. The first-order valence-electron chi connectivity index (χ1n) is 10.3. The van der Waals surface area contributed by atoms with Crippen LogP contribution in [0.3, 0.4) is 0 Å². The predicted octanol–water partition coefficient (Wildman–Crippen LogP) is 4.47. The van der Waals surface area contributed by atoms with E-state index < -0.39 is 0 Å². The van der Waals surface area contributed by atoms with Crippen molar-refractivity contribution in [2.75, 3.05) is 12.1 Å². The smallest absolute Gasteiger partial charge is 0.231 e. The van der Waals surface area contributed by atoms with E-state index in [4.69, 9.17) is 14.6 Å². The van der Waals surface area contributed by atoms with Gasteiger partial charge in [0.05, 0.1) is 11.4 Å². The molecule has 0 fully saturated rings. The summed E-state index contributed by atoms with van der Waals surface area (Å²) in [5.41, 5.74) is 5.85. The van der Waals surface area contributed by atoms with E-state index in [9.17, 15) is 4.79 Å². The number of anilines is 1. The molecular weight excluding hydrogens is 378 g/mol. The van der Waals surface area contributed by atoms with E-state index in [0.717, 1.165) is 63.9 Å². The van der Waals surface area contributed by atoms with Gasteiger partial charge in [0.1, 0.15) is 5.82 Å². The summed E-state index contributed by atoms with van der Waals surface area (Å²) in [6, 6.07) is 16.1. The normalized spacial score (nSPS) is 19.4. The van der Waals surface area contributed by atoms with Gasteiger partial charge in [-0.2, -0.15) is 5.10 Å². The van der Waals surface area contributed by atoms with Crippen molar-refractivity contribution in [3.05, 3.63) is 76.6 Å². The minimum absolute atomic E-state index is 0.170. The van der Waals surface area contributed by atoms with Crippen LogP contribution in [0.15, 0.2) is 59.8 Å². The van der Waals surface area contributed by atoms with Crippen LogP contribution in [-0.4, -0.2) is 22.4 Å². The van der Waals surface area contributed by atoms with E-state index in [0.29, 0.717) is 6.42 Å². The molecule has 0 saturated heterocycles. The largest absolute Gasteiger partial charge is 0.454 e. The molecule has 0 radical (unpaired) electrons. The van der Waals surface area contributed by atoms with Gasteiger partial charge in [-0.15, -0.1) is 0 Å². The number of carbonyl (C=O) groups is 1. The molecule has 1 aromatic heterocycles. The zero-order valence-corrected chi connectivity index (χ0v) is 16.6. The van der Waals surface area contributed by atoms with Crippen LogP contribution in [0.25, 0.3) is 5.69 Å². The van der Waals surface area contributed by atoms with E-state index in [1.807, 2.05) is 60.1 Å². The number of benzene rings is 2. The fourth-order valence-corrected chi connectivity index (χ4v) is 4.80. The summed E-state index contributed by atoms with van der Waals surface area (Å²) in [6.07, 6.45) is 2.32. The Morgan fingerprint density at radius 2 is 1.90 bits per heavy atom. The Balaban J connectivity index is 1.58. The van der Waals surface area contributed by atoms with Crippen molar-refractivity contribution in [2.24, 2.45) is 0 Å². The van der Waals surface area contributed by atoms with Crippen molar-refractivity contribution in [2.45, 2.75) is 32.1 Å². The number of nitrogens with zero attached hydrogens (tertiary/aromatic N) is 2. The molecule has 0 amide bonds. The summed E-state index contributed by atoms with van der Waals surface area (Å²) in [7, 11) is 0. The summed E-state index contributed by atoms with van der Waals surface area (Å²) in [5, 5.41) is 8.43. The second kappa shape index (κ2) is 6.49. The highest BCUT2D eigenvalue weighted by Gasteiger charge is 2.39. The SMILES string of the molecule is Cc1nn(-c2ccccc2)c2c1[C@H](c1ccc3c(c1)OCO3)C1=C(CCCC1=O)N2. The maximum atomic E-state index is 13.1. The molecule has 0 unspecified atom stereocenters. The minimum Gasteiger partial charge on any atom is -0.454 e. The van der Waals surface area contributed by atoms with E-state index in [1.54, 1.807) is 0 Å². The Bertz CT molecular complexity index is 1210. The Morgan fingerprint density at radius 1 is 1.07 bits per heavy atom. The van der Waals surface area contributed by atoms with E-state index in [-0.39, 0.29) is 18.5 Å². The third kappa shape index (κ3) is 2.49. The summed E-state index contributed by atoms with van der Waals surface area (Å²) in [5.74, 6) is 2.45. The molecule has 6 heteroatoms. The number of fused-ring (bicyclic) bond motifs is 2. The summed E-state index contributed by atoms with van der Waals surface area (Å²) in [4.78, 5) is 13.1. The first-order valence-corrected chi connectivity index (χ1v) is 10.3. The van der Waals surface area contributed by atoms with Crippen molar-refractivity contribution in [1.82, 2.24) is 9.78 Å². The monoisotopic (exact) mass is 399 g/mol. The van der Waals surface area contributed by atoms with Gasteiger partial charge in [0.25, 0.3) is 0 Å². The highest BCUT2D eigenvalue weighted by molar-refractivity contribution is 6.01. The Kier molecular flexibility index (Phi) is 3.75. The number of hydrogen-bond donors (Lipinski definition) is 1. The first-order chi connectivity index (χ1) is 14.7. The zero-order valence-electron chi connectivity index (χ0n) is 16.6. The van der Waals surface area contributed by atoms with Crippen molar-refractivity contribution in [3.8, 4) is 17.2 Å². The van der Waals surface area contributed by atoms with Gasteiger partial charge < -0.3 is 14.8 Å². The van der Waals surface area contributed by atoms with Gasteiger partial charge in [0, 0.05) is 29.2 Å². The number of hydrogen-bond acceptors (Lipinski definition) is 5. The number of ether oxygens (including phenoxy) is 2. The molecule has 1 aliphatic carbocycles. The molecular formula is C24H21N3O3. The van der Waals surface area contributed by atoms with Crippen LogP contribution in [0, 0.1) is 6.92 Å². The average Bonchev–Trinajstić information content (AvgIpc) is 3.37. The molecule has 2 aromatic carbocycles. The maximum Gasteiger partial charge on any atom is 0.231 e. The van der Waals surface area contributed by atoms with Gasteiger partial charge in [-0.1, -0.05) is 24.3 Å². The van der Waals surface area contributed by atoms with Crippen LogP contribution < -0.4 is 14.8 Å². The fourth-order valence-electron chi connectivity index (χ4n) is 4.80. The number of allylic oxidation sites excluding steroid dienone is 2. The Labute approximate surface area is 174 Å². The van der Waals surface area contributed by atoms with Crippen LogP contribution in [0.2, 0.25) is 0 Å². The molecule has 150 valence electrons. The van der Waals surface area contributed by atoms with Gasteiger partial charge in [-0.3, -0.25) is 4.79 Å². The molecule has 2 aliphatic heterocycles. The van der Waals surface area contributed by atoms with Gasteiger partial charge >= 0.3 is 0 Å². The topological polar surface area (TPSA) is 65.4 Å². The molecule has 0 bridgehead atoms. The number of Topliss-reactive ketones (excluding diaryl/α,β-unsaturated/α-hetero) is 1. The van der Waals surface area contributed by atoms with E-state index in [2.05, 4.69) is 5.32 Å². The summed E-state index contributed by atoms with van der Waals surface area (Å²) < 4.78 is 13.1. The van der Waals surface area contributed by atoms with Gasteiger partial charge in [-0.05, 0) is 49.6 Å². The highest BCUT2D eigenvalue weighted by atomic mass is 16.7. The van der Waals surface area contributed by atoms with E-state index in [1.165, 1.54) is 0 Å². The Morgan fingerprint density at radius 3 is 2.77 bits per heavy atom. The van der Waals surface area contributed by atoms with Crippen molar-refractivity contribution < 1.29 is 14.3 Å². The number of aryl methyl sites for hydroxylation is 1. The number of rotatable bonds is 2. The van der Waals surface area contributed by atoms with Gasteiger partial charge in [0.15, 0.2) is 17.3 Å². The van der Waals surface area contributed by atoms with Gasteiger partial charge in [-0.25, -0.2) is 4.68 Å². The van der Waals surface area contributed by atoms with Crippen molar-refractivity contribution in [1.29, 1.82) is 0 Å². The molecule has 3 aliphatic rings. The second-order valence-electron chi connectivity index (χ2n) is 7.93. The van der Waals surface area contributed by atoms with Crippen LogP contribution in [0.1, 0.15) is 42.0 Å². The molecule has 3 aromatic rings. The molecule has 0 spiro atoms. The first kappa shape index (κ1) is 17.3. The Hall–Kier alpha value is -3.54. The number of carbonyl (C=O) groups excluding carboxylic acids is 1. The minimum atomic E-state index is -0.170. The average molecular weight is 399 g/mol. The number of ketones is 1. The van der Waals surface area contributed by atoms with Crippen LogP contribution in [0.5, 0.6) is 11.5 Å². The van der Waals surface area contributed by atoms with Crippen LogP contribution in [-0.2, 0) is 4.79 Å². The summed E-state index contributed by atoms with van der Waals surface area (Å²) in [6.45, 7) is 2.24. The highest BCUT2D eigenvalue weighted by Crippen LogP contribution is 2.48. The molecule has 6 rings (SSSR count). The van der Waals surface area contributed by atoms with E-state index >= 15 is 0 Å². The predicted molar refractivity (Wildman–Crippen MR) is 112 cm³/mol. The van der Waals surface area contributed by atoms with Crippen molar-refractivity contribution >= 4 is 11.6 Å². The molecule has 0 saturated carbocycles. The second-order valence-corrected chi connectivity index (χ2v) is 7.93. The lowest BCUT2D eigenvalue weighted by Crippen LogP contribution is -2.27. The lowest BCUT2D eigenvalue weighted by Gasteiger charge is -2.33.